The van der Waals surface area contributed by atoms with Crippen LogP contribution in [0.5, 0.6) is 0 Å². The molecule has 0 amide bonds. The molecular formula is C17H29IN4O. The van der Waals surface area contributed by atoms with Gasteiger partial charge in [-0.1, -0.05) is 18.2 Å². The molecule has 6 heteroatoms. The second-order valence-corrected chi connectivity index (χ2v) is 6.53. The molecule has 1 aromatic carbocycles. The van der Waals surface area contributed by atoms with E-state index in [4.69, 9.17) is 4.74 Å². The Kier molecular flexibility index (Phi) is 8.11. The largest absolute Gasteiger partial charge is 0.378 e. The fourth-order valence-corrected chi connectivity index (χ4v) is 2.49. The van der Waals surface area contributed by atoms with E-state index in [9.17, 15) is 0 Å². The zero-order valence-corrected chi connectivity index (χ0v) is 16.9. The first-order valence-corrected chi connectivity index (χ1v) is 7.89. The van der Waals surface area contributed by atoms with Crippen LogP contribution in [0.2, 0.25) is 0 Å². The lowest BCUT2D eigenvalue weighted by Gasteiger charge is -2.31. The standard InChI is InChI=1S/C17H28N4O.HI/c1-17(2,3)20-16(18-4)19-13-14-7-5-6-8-15(14)21-9-11-22-12-10-21;/h5-8H,9-13H2,1-4H3,(H2,18,19,20);1H. The minimum atomic E-state index is -0.00836. The highest BCUT2D eigenvalue weighted by atomic mass is 127. The predicted molar refractivity (Wildman–Crippen MR) is 108 cm³/mol. The number of nitrogens with one attached hydrogen (secondary N) is 2. The molecule has 0 atom stereocenters. The molecule has 0 spiro atoms. The second kappa shape index (κ2) is 9.32. The summed E-state index contributed by atoms with van der Waals surface area (Å²) in [6.45, 7) is 10.6. The number of nitrogens with zero attached hydrogens (tertiary/aromatic N) is 2. The van der Waals surface area contributed by atoms with Crippen molar-refractivity contribution >= 4 is 35.6 Å². The Balaban J connectivity index is 0.00000264. The summed E-state index contributed by atoms with van der Waals surface area (Å²) >= 11 is 0. The Labute approximate surface area is 156 Å². The summed E-state index contributed by atoms with van der Waals surface area (Å²) in [6, 6.07) is 8.53. The molecular weight excluding hydrogens is 403 g/mol. The monoisotopic (exact) mass is 432 g/mol. The van der Waals surface area contributed by atoms with Gasteiger partial charge in [0.2, 0.25) is 0 Å². The van der Waals surface area contributed by atoms with Gasteiger partial charge in [0, 0.05) is 37.9 Å². The molecule has 0 aromatic heterocycles. The minimum absolute atomic E-state index is 0. The normalized spacial score (nSPS) is 15.8. The number of guanidine groups is 1. The highest BCUT2D eigenvalue weighted by Crippen LogP contribution is 2.21. The lowest BCUT2D eigenvalue weighted by Crippen LogP contribution is -2.47. The molecule has 2 N–H and O–H groups in total. The van der Waals surface area contributed by atoms with Crippen LogP contribution < -0.4 is 15.5 Å². The van der Waals surface area contributed by atoms with Crippen LogP contribution in [0.1, 0.15) is 26.3 Å². The number of anilines is 1. The number of ether oxygens (including phenoxy) is 1. The van der Waals surface area contributed by atoms with Gasteiger partial charge in [-0.25, -0.2) is 0 Å². The lowest BCUT2D eigenvalue weighted by atomic mass is 10.1. The predicted octanol–water partition coefficient (Wildman–Crippen LogP) is 2.60. The molecule has 1 aliphatic heterocycles. The fraction of sp³-hybridized carbons (Fsp3) is 0.588. The van der Waals surface area contributed by atoms with Crippen molar-refractivity contribution in [1.29, 1.82) is 0 Å². The van der Waals surface area contributed by atoms with Crippen molar-refractivity contribution in [1.82, 2.24) is 10.6 Å². The van der Waals surface area contributed by atoms with E-state index < -0.39 is 0 Å². The molecule has 1 aliphatic rings. The Hall–Kier alpha value is -1.02. The van der Waals surface area contributed by atoms with Gasteiger partial charge in [0.25, 0.3) is 0 Å². The summed E-state index contributed by atoms with van der Waals surface area (Å²) in [5.74, 6) is 0.823. The first-order valence-electron chi connectivity index (χ1n) is 7.89. The molecule has 2 rings (SSSR count). The average Bonchev–Trinajstić information content (AvgIpc) is 2.51. The molecule has 0 aliphatic carbocycles. The molecule has 0 bridgehead atoms. The molecule has 1 saturated heterocycles. The number of hydrogen-bond donors (Lipinski definition) is 2. The second-order valence-electron chi connectivity index (χ2n) is 6.53. The molecule has 1 aromatic rings. The molecule has 0 radical (unpaired) electrons. The van der Waals surface area contributed by atoms with Crippen LogP contribution in [0.4, 0.5) is 5.69 Å². The maximum Gasteiger partial charge on any atom is 0.191 e. The third-order valence-electron chi connectivity index (χ3n) is 3.51. The number of morpholine rings is 1. The summed E-state index contributed by atoms with van der Waals surface area (Å²) in [4.78, 5) is 6.68. The number of rotatable bonds is 3. The van der Waals surface area contributed by atoms with Gasteiger partial charge in [0.1, 0.15) is 0 Å². The molecule has 0 unspecified atom stereocenters. The third kappa shape index (κ3) is 6.55. The zero-order valence-electron chi connectivity index (χ0n) is 14.6. The number of hydrogen-bond acceptors (Lipinski definition) is 3. The van der Waals surface area contributed by atoms with Crippen LogP contribution in [0.3, 0.4) is 0 Å². The van der Waals surface area contributed by atoms with Gasteiger partial charge in [0.05, 0.1) is 13.2 Å². The quantitative estimate of drug-likeness (QED) is 0.438. The van der Waals surface area contributed by atoms with Gasteiger partial charge >= 0.3 is 0 Å². The van der Waals surface area contributed by atoms with Gasteiger partial charge in [-0.3, -0.25) is 4.99 Å². The maximum atomic E-state index is 5.45. The van der Waals surface area contributed by atoms with E-state index >= 15 is 0 Å². The summed E-state index contributed by atoms with van der Waals surface area (Å²) in [7, 11) is 1.80. The van der Waals surface area contributed by atoms with Crippen LogP contribution in [0.15, 0.2) is 29.3 Å². The van der Waals surface area contributed by atoms with Crippen LogP contribution in [0.25, 0.3) is 0 Å². The van der Waals surface area contributed by atoms with Crippen LogP contribution >= 0.6 is 24.0 Å². The molecule has 130 valence electrons. The molecule has 23 heavy (non-hydrogen) atoms. The van der Waals surface area contributed by atoms with Crippen LogP contribution in [-0.4, -0.2) is 44.8 Å². The highest BCUT2D eigenvalue weighted by Gasteiger charge is 2.15. The Morgan fingerprint density at radius 2 is 1.87 bits per heavy atom. The van der Waals surface area contributed by atoms with Crippen molar-refractivity contribution in [2.45, 2.75) is 32.9 Å². The van der Waals surface area contributed by atoms with E-state index in [1.807, 2.05) is 0 Å². The fourth-order valence-electron chi connectivity index (χ4n) is 2.49. The first kappa shape index (κ1) is 20.0. The molecule has 1 fully saturated rings. The molecule has 5 nitrogen and oxygen atoms in total. The number of para-hydroxylation sites is 1. The van der Waals surface area contributed by atoms with Gasteiger partial charge in [-0.2, -0.15) is 0 Å². The van der Waals surface area contributed by atoms with Crippen molar-refractivity contribution in [2.75, 3.05) is 38.3 Å². The van der Waals surface area contributed by atoms with Crippen molar-refractivity contribution < 1.29 is 4.74 Å². The number of halogens is 1. The zero-order chi connectivity index (χ0) is 16.0. The first-order chi connectivity index (χ1) is 10.5. The van der Waals surface area contributed by atoms with E-state index in [1.165, 1.54) is 11.3 Å². The van der Waals surface area contributed by atoms with Crippen molar-refractivity contribution in [2.24, 2.45) is 4.99 Å². The number of benzene rings is 1. The van der Waals surface area contributed by atoms with Gasteiger partial charge in [-0.15, -0.1) is 24.0 Å². The van der Waals surface area contributed by atoms with Crippen molar-refractivity contribution in [3.05, 3.63) is 29.8 Å². The topological polar surface area (TPSA) is 48.9 Å². The average molecular weight is 432 g/mol. The van der Waals surface area contributed by atoms with E-state index in [-0.39, 0.29) is 29.5 Å². The SMILES string of the molecule is CN=C(NCc1ccccc1N1CCOCC1)NC(C)(C)C.I. The lowest BCUT2D eigenvalue weighted by molar-refractivity contribution is 0.122. The van der Waals surface area contributed by atoms with Crippen LogP contribution in [-0.2, 0) is 11.3 Å². The number of aliphatic imine (C=N–C) groups is 1. The van der Waals surface area contributed by atoms with Crippen molar-refractivity contribution in [3.8, 4) is 0 Å². The molecule has 1 heterocycles. The maximum absolute atomic E-state index is 5.45. The van der Waals surface area contributed by atoms with Gasteiger partial charge in [-0.05, 0) is 32.4 Å². The van der Waals surface area contributed by atoms with E-state index in [0.717, 1.165) is 38.8 Å². The van der Waals surface area contributed by atoms with E-state index in [2.05, 4.69) is 65.6 Å². The Morgan fingerprint density at radius 3 is 2.48 bits per heavy atom. The summed E-state index contributed by atoms with van der Waals surface area (Å²) < 4.78 is 5.45. The van der Waals surface area contributed by atoms with Crippen LogP contribution in [0, 0.1) is 0 Å². The van der Waals surface area contributed by atoms with Crippen molar-refractivity contribution in [3.63, 3.8) is 0 Å². The van der Waals surface area contributed by atoms with Gasteiger partial charge in [0.15, 0.2) is 5.96 Å². The van der Waals surface area contributed by atoms with E-state index in [0.29, 0.717) is 0 Å². The summed E-state index contributed by atoms with van der Waals surface area (Å²) in [5.41, 5.74) is 2.55. The smallest absolute Gasteiger partial charge is 0.191 e. The molecule has 0 saturated carbocycles. The Bertz CT molecular complexity index is 508. The summed E-state index contributed by atoms with van der Waals surface area (Å²) in [6.07, 6.45) is 0. The van der Waals surface area contributed by atoms with E-state index in [1.54, 1.807) is 7.05 Å². The Morgan fingerprint density at radius 1 is 1.22 bits per heavy atom. The van der Waals surface area contributed by atoms with Gasteiger partial charge < -0.3 is 20.3 Å². The summed E-state index contributed by atoms with van der Waals surface area (Å²) in [5, 5.41) is 6.78. The highest BCUT2D eigenvalue weighted by molar-refractivity contribution is 14.0. The minimum Gasteiger partial charge on any atom is -0.378 e. The third-order valence-corrected chi connectivity index (χ3v) is 3.51.